The first-order valence-electron chi connectivity index (χ1n) is 11.2. The summed E-state index contributed by atoms with van der Waals surface area (Å²) in [4.78, 5) is 12.1. The smallest absolute Gasteiger partial charge is 0.131 e. The van der Waals surface area contributed by atoms with Gasteiger partial charge in [0.25, 0.3) is 0 Å². The van der Waals surface area contributed by atoms with Crippen LogP contribution in [0.1, 0.15) is 25.0 Å². The molecule has 0 amide bonds. The molecule has 168 valence electrons. The van der Waals surface area contributed by atoms with E-state index in [1.54, 1.807) is 24.5 Å². The molecule has 0 saturated heterocycles. The highest BCUT2D eigenvalue weighted by atomic mass is 19.1. The number of pyridine rings is 2. The van der Waals surface area contributed by atoms with E-state index in [9.17, 15) is 4.39 Å². The third-order valence-electron chi connectivity index (χ3n) is 5.99. The molecular formula is C28H24FN5. The van der Waals surface area contributed by atoms with Crippen LogP contribution in [0.2, 0.25) is 0 Å². The van der Waals surface area contributed by atoms with Gasteiger partial charge in [0, 0.05) is 40.3 Å². The fourth-order valence-electron chi connectivity index (χ4n) is 4.15. The summed E-state index contributed by atoms with van der Waals surface area (Å²) in [6.07, 6.45) is 12.2. The Morgan fingerprint density at radius 3 is 2.68 bits per heavy atom. The second kappa shape index (κ2) is 8.90. The highest BCUT2D eigenvalue weighted by Gasteiger charge is 2.14. The van der Waals surface area contributed by atoms with Crippen LogP contribution in [-0.4, -0.2) is 25.1 Å². The number of H-pyrrole nitrogens is 2. The van der Waals surface area contributed by atoms with E-state index in [0.717, 1.165) is 50.6 Å². The lowest BCUT2D eigenvalue weighted by atomic mass is 10.0. The number of hydrogen-bond donors (Lipinski definition) is 2. The lowest BCUT2D eigenvalue weighted by molar-refractivity contribution is 0.631. The summed E-state index contributed by atoms with van der Waals surface area (Å²) in [6, 6.07) is 10.9. The quantitative estimate of drug-likeness (QED) is 0.396. The lowest BCUT2D eigenvalue weighted by Crippen LogP contribution is -2.22. The van der Waals surface area contributed by atoms with Crippen LogP contribution >= 0.6 is 0 Å². The predicted octanol–water partition coefficient (Wildman–Crippen LogP) is 5.01. The van der Waals surface area contributed by atoms with Gasteiger partial charge in [0.1, 0.15) is 11.5 Å². The van der Waals surface area contributed by atoms with Crippen LogP contribution in [0.4, 0.5) is 4.39 Å². The number of fused-ring (bicyclic) bond motifs is 1. The fraction of sp³-hybridized carbons (Fsp3) is 0.107. The van der Waals surface area contributed by atoms with Crippen molar-refractivity contribution in [2.75, 3.05) is 0 Å². The molecule has 0 radical (unpaired) electrons. The molecular weight excluding hydrogens is 425 g/mol. The van der Waals surface area contributed by atoms with Crippen LogP contribution in [0.15, 0.2) is 67.3 Å². The molecule has 0 aliphatic rings. The molecule has 0 saturated carbocycles. The summed E-state index contributed by atoms with van der Waals surface area (Å²) < 4.78 is 14.5. The maximum absolute atomic E-state index is 14.5. The molecule has 0 atom stereocenters. The second-order valence-corrected chi connectivity index (χ2v) is 8.10. The van der Waals surface area contributed by atoms with Crippen LogP contribution in [0.5, 0.6) is 0 Å². The maximum Gasteiger partial charge on any atom is 0.131 e. The standard InChI is InChI=1S/C28H24FN5/c1-4-18-10-20(14-30-13-18)19(5-2)11-22-17(3)33-34-28(22)26-12-23-24(15-31-16-27(23)32-26)21-8-6-7-9-25(21)29/h5-16,32-33H,3-4H2,1-2H3/b19-5+,22-11+. The first-order valence-corrected chi connectivity index (χ1v) is 11.2. The zero-order valence-electron chi connectivity index (χ0n) is 19.1. The monoisotopic (exact) mass is 449 g/mol. The van der Waals surface area contributed by atoms with Crippen LogP contribution in [0.3, 0.4) is 0 Å². The van der Waals surface area contributed by atoms with E-state index in [1.165, 1.54) is 11.6 Å². The summed E-state index contributed by atoms with van der Waals surface area (Å²) in [5.74, 6) is -0.283. The summed E-state index contributed by atoms with van der Waals surface area (Å²) in [5.41, 5.74) is 6.82. The highest BCUT2D eigenvalue weighted by molar-refractivity contribution is 5.97. The molecule has 34 heavy (non-hydrogen) atoms. The van der Waals surface area contributed by atoms with Crippen molar-refractivity contribution in [2.24, 2.45) is 0 Å². The summed E-state index contributed by atoms with van der Waals surface area (Å²) >= 11 is 0. The molecule has 0 fully saturated rings. The molecule has 5 nitrogen and oxygen atoms in total. The third-order valence-corrected chi connectivity index (χ3v) is 5.99. The minimum atomic E-state index is -0.283. The van der Waals surface area contributed by atoms with Gasteiger partial charge in [-0.05, 0) is 54.3 Å². The minimum Gasteiger partial charge on any atom is -0.352 e. The Kier molecular flexibility index (Phi) is 5.64. The highest BCUT2D eigenvalue weighted by Crippen LogP contribution is 2.31. The van der Waals surface area contributed by atoms with Crippen molar-refractivity contribution in [3.05, 3.63) is 94.8 Å². The molecule has 4 aromatic heterocycles. The summed E-state index contributed by atoms with van der Waals surface area (Å²) in [5, 5.41) is 10.00. The molecule has 0 aliphatic heterocycles. The van der Waals surface area contributed by atoms with Gasteiger partial charge in [-0.25, -0.2) is 4.39 Å². The van der Waals surface area contributed by atoms with Gasteiger partial charge < -0.3 is 4.98 Å². The average Bonchev–Trinajstić information content (AvgIpc) is 3.46. The fourth-order valence-corrected chi connectivity index (χ4v) is 4.15. The first-order chi connectivity index (χ1) is 16.6. The van der Waals surface area contributed by atoms with Gasteiger partial charge in [0.2, 0.25) is 0 Å². The van der Waals surface area contributed by atoms with Gasteiger partial charge in [-0.3, -0.25) is 15.1 Å². The zero-order chi connectivity index (χ0) is 23.7. The Morgan fingerprint density at radius 1 is 1.06 bits per heavy atom. The molecule has 1 aromatic carbocycles. The lowest BCUT2D eigenvalue weighted by Gasteiger charge is -2.04. The topological polar surface area (TPSA) is 70.2 Å². The van der Waals surface area contributed by atoms with E-state index in [1.807, 2.05) is 31.5 Å². The van der Waals surface area contributed by atoms with Crippen molar-refractivity contribution in [3.8, 4) is 22.5 Å². The van der Waals surface area contributed by atoms with Crippen LogP contribution in [0.25, 0.3) is 51.6 Å². The number of aromatic nitrogens is 5. The molecule has 6 heteroatoms. The Hall–Kier alpha value is -4.32. The molecule has 2 N–H and O–H groups in total. The van der Waals surface area contributed by atoms with Crippen LogP contribution in [-0.2, 0) is 6.42 Å². The van der Waals surface area contributed by atoms with Gasteiger partial charge in [-0.1, -0.05) is 37.8 Å². The van der Waals surface area contributed by atoms with Gasteiger partial charge in [0.15, 0.2) is 0 Å². The van der Waals surface area contributed by atoms with Crippen molar-refractivity contribution in [1.82, 2.24) is 25.1 Å². The second-order valence-electron chi connectivity index (χ2n) is 8.10. The maximum atomic E-state index is 14.5. The average molecular weight is 450 g/mol. The van der Waals surface area contributed by atoms with Crippen molar-refractivity contribution in [1.29, 1.82) is 0 Å². The van der Waals surface area contributed by atoms with Crippen molar-refractivity contribution >= 4 is 29.1 Å². The molecule has 4 heterocycles. The number of benzene rings is 1. The van der Waals surface area contributed by atoms with Gasteiger partial charge in [0.05, 0.1) is 22.8 Å². The number of halogens is 1. The normalized spacial score (nSPS) is 12.6. The summed E-state index contributed by atoms with van der Waals surface area (Å²) in [6.45, 7) is 8.26. The number of nitrogens with one attached hydrogen (secondary N) is 2. The van der Waals surface area contributed by atoms with E-state index in [4.69, 9.17) is 0 Å². The van der Waals surface area contributed by atoms with Gasteiger partial charge >= 0.3 is 0 Å². The Bertz CT molecular complexity index is 1640. The largest absolute Gasteiger partial charge is 0.352 e. The number of aromatic amines is 2. The predicted molar refractivity (Wildman–Crippen MR) is 136 cm³/mol. The van der Waals surface area contributed by atoms with Crippen molar-refractivity contribution < 1.29 is 4.39 Å². The van der Waals surface area contributed by atoms with Crippen molar-refractivity contribution in [3.63, 3.8) is 0 Å². The molecule has 0 bridgehead atoms. The van der Waals surface area contributed by atoms with E-state index in [2.05, 4.69) is 56.9 Å². The molecule has 0 unspecified atom stereocenters. The number of aryl methyl sites for hydroxylation is 1. The van der Waals surface area contributed by atoms with Gasteiger partial charge in [-0.2, -0.15) is 5.10 Å². The molecule has 5 aromatic rings. The Balaban J connectivity index is 1.66. The summed E-state index contributed by atoms with van der Waals surface area (Å²) in [7, 11) is 0. The number of allylic oxidation sites excluding steroid dienone is 2. The Labute approximate surface area is 196 Å². The molecule has 0 spiro atoms. The van der Waals surface area contributed by atoms with E-state index in [0.29, 0.717) is 10.9 Å². The number of hydrogen-bond acceptors (Lipinski definition) is 3. The molecule has 0 aliphatic carbocycles. The first kappa shape index (κ1) is 21.5. The number of rotatable bonds is 5. The Morgan fingerprint density at radius 2 is 1.88 bits per heavy atom. The van der Waals surface area contributed by atoms with E-state index >= 15 is 0 Å². The number of nitrogens with zero attached hydrogens (tertiary/aromatic N) is 3. The van der Waals surface area contributed by atoms with E-state index < -0.39 is 0 Å². The van der Waals surface area contributed by atoms with E-state index in [-0.39, 0.29) is 5.82 Å². The van der Waals surface area contributed by atoms with Crippen LogP contribution in [0, 0.1) is 5.82 Å². The van der Waals surface area contributed by atoms with Crippen molar-refractivity contribution in [2.45, 2.75) is 20.3 Å². The minimum absolute atomic E-state index is 0.283. The third kappa shape index (κ3) is 3.83. The van der Waals surface area contributed by atoms with Gasteiger partial charge in [-0.15, -0.1) is 0 Å². The molecule has 5 rings (SSSR count). The van der Waals surface area contributed by atoms with Crippen LogP contribution < -0.4 is 10.6 Å². The SMILES string of the molecule is C=c1[nH]nc(-c2cc3c(-c4ccccc4F)cncc3[nH]2)/c1=C/C(=C\C)c1cncc(CC)c1. The zero-order valence-corrected chi connectivity index (χ0v) is 19.1.